The third kappa shape index (κ3) is 4.87. The van der Waals surface area contributed by atoms with Crippen LogP contribution in [0.5, 0.6) is 0 Å². The highest BCUT2D eigenvalue weighted by molar-refractivity contribution is 5.13. The van der Waals surface area contributed by atoms with Crippen molar-refractivity contribution >= 4 is 0 Å². The van der Waals surface area contributed by atoms with Gasteiger partial charge in [0.1, 0.15) is 0 Å². The molecule has 0 rings (SSSR count). The number of aliphatic hydroxyl groups excluding tert-OH is 1. The Morgan fingerprint density at radius 2 is 1.93 bits per heavy atom. The van der Waals surface area contributed by atoms with E-state index >= 15 is 0 Å². The van der Waals surface area contributed by atoms with E-state index in [1.54, 1.807) is 0 Å². The zero-order chi connectivity index (χ0) is 11.8. The van der Waals surface area contributed by atoms with Crippen LogP contribution in [0, 0.1) is 20.2 Å². The molecule has 1 N–H and O–H groups in total. The fourth-order valence-corrected chi connectivity index (χ4v) is 0.888. The zero-order valence-corrected chi connectivity index (χ0v) is 8.25. The minimum atomic E-state index is -0.692. The third-order valence-corrected chi connectivity index (χ3v) is 1.65. The van der Waals surface area contributed by atoms with E-state index in [1.165, 1.54) is 13.0 Å². The molecule has 0 radical (unpaired) electrons. The van der Waals surface area contributed by atoms with Crippen LogP contribution in [-0.2, 0) is 0 Å². The van der Waals surface area contributed by atoms with Crippen LogP contribution in [0.4, 0.5) is 0 Å². The molecule has 0 aliphatic heterocycles. The number of aliphatic hydroxyl groups is 1. The first-order chi connectivity index (χ1) is 7.02. The van der Waals surface area contributed by atoms with E-state index < -0.39 is 9.85 Å². The lowest BCUT2D eigenvalue weighted by Crippen LogP contribution is -2.04. The second-order valence-corrected chi connectivity index (χ2v) is 2.69. The second kappa shape index (κ2) is 6.66. The SMILES string of the molecule is C/C=C(\C=C(/CCCO)[N+](=O)[O-])[N+](=O)[O-]. The van der Waals surface area contributed by atoms with Crippen molar-refractivity contribution in [3.05, 3.63) is 43.8 Å². The van der Waals surface area contributed by atoms with E-state index in [4.69, 9.17) is 5.11 Å². The number of allylic oxidation sites excluding steroid dienone is 3. The molecule has 0 aromatic rings. The van der Waals surface area contributed by atoms with Crippen molar-refractivity contribution in [2.45, 2.75) is 19.8 Å². The summed E-state index contributed by atoms with van der Waals surface area (Å²) >= 11 is 0. The highest BCUT2D eigenvalue weighted by atomic mass is 16.6. The Bertz CT molecular complexity index is 308. The first kappa shape index (κ1) is 13.2. The number of nitrogens with zero attached hydrogens (tertiary/aromatic N) is 2. The van der Waals surface area contributed by atoms with Gasteiger partial charge in [0.2, 0.25) is 0 Å². The molecule has 0 amide bonds. The standard InChI is InChI=1S/C8H12N2O5/c1-2-7(9(12)13)6-8(10(14)15)4-3-5-11/h2,6,11H,3-5H2,1H3/b7-2+,8-6+. The van der Waals surface area contributed by atoms with Crippen LogP contribution in [0.1, 0.15) is 19.8 Å². The fourth-order valence-electron chi connectivity index (χ4n) is 0.888. The van der Waals surface area contributed by atoms with Gasteiger partial charge in [-0.2, -0.15) is 0 Å². The molecule has 0 aliphatic rings. The highest BCUT2D eigenvalue weighted by Crippen LogP contribution is 2.10. The maximum atomic E-state index is 10.5. The Labute approximate surface area is 86.0 Å². The summed E-state index contributed by atoms with van der Waals surface area (Å²) < 4.78 is 0. The van der Waals surface area contributed by atoms with Gasteiger partial charge in [-0.1, -0.05) is 0 Å². The lowest BCUT2D eigenvalue weighted by Gasteiger charge is -1.96. The van der Waals surface area contributed by atoms with Gasteiger partial charge in [-0.05, 0) is 19.4 Å². The summed E-state index contributed by atoms with van der Waals surface area (Å²) in [6, 6.07) is 0. The maximum Gasteiger partial charge on any atom is 0.271 e. The van der Waals surface area contributed by atoms with Crippen LogP contribution in [0.25, 0.3) is 0 Å². The Morgan fingerprint density at radius 3 is 2.27 bits per heavy atom. The smallest absolute Gasteiger partial charge is 0.271 e. The number of hydrogen-bond donors (Lipinski definition) is 1. The summed E-state index contributed by atoms with van der Waals surface area (Å²) in [7, 11) is 0. The summed E-state index contributed by atoms with van der Waals surface area (Å²) in [5, 5.41) is 29.4. The fraction of sp³-hybridized carbons (Fsp3) is 0.500. The molecular formula is C8H12N2O5. The van der Waals surface area contributed by atoms with Gasteiger partial charge in [0, 0.05) is 13.0 Å². The molecule has 84 valence electrons. The molecule has 0 heterocycles. The Kier molecular flexibility index (Phi) is 5.88. The topological polar surface area (TPSA) is 107 Å². The summed E-state index contributed by atoms with van der Waals surface area (Å²) in [6.07, 6.45) is 2.31. The molecule has 7 heteroatoms. The van der Waals surface area contributed by atoms with E-state index in [0.29, 0.717) is 0 Å². The zero-order valence-electron chi connectivity index (χ0n) is 8.25. The van der Waals surface area contributed by atoms with Crippen molar-refractivity contribution in [2.24, 2.45) is 0 Å². The van der Waals surface area contributed by atoms with Crippen LogP contribution in [0.3, 0.4) is 0 Å². The van der Waals surface area contributed by atoms with E-state index in [-0.39, 0.29) is 30.8 Å². The normalized spacial score (nSPS) is 12.7. The molecular weight excluding hydrogens is 204 g/mol. The molecule has 0 fully saturated rings. The molecule has 0 aliphatic carbocycles. The lowest BCUT2D eigenvalue weighted by molar-refractivity contribution is -0.436. The summed E-state index contributed by atoms with van der Waals surface area (Å²) in [4.78, 5) is 19.5. The number of hydrogen-bond acceptors (Lipinski definition) is 5. The second-order valence-electron chi connectivity index (χ2n) is 2.69. The molecule has 0 saturated heterocycles. The van der Waals surface area contributed by atoms with Crippen molar-refractivity contribution in [1.29, 1.82) is 0 Å². The van der Waals surface area contributed by atoms with Crippen molar-refractivity contribution in [1.82, 2.24) is 0 Å². The summed E-state index contributed by atoms with van der Waals surface area (Å²) in [5.74, 6) is 0. The van der Waals surface area contributed by atoms with Crippen LogP contribution in [0.2, 0.25) is 0 Å². The highest BCUT2D eigenvalue weighted by Gasteiger charge is 2.15. The Balaban J connectivity index is 4.81. The molecule has 0 bridgehead atoms. The predicted molar refractivity (Wildman–Crippen MR) is 52.1 cm³/mol. The van der Waals surface area contributed by atoms with Crippen LogP contribution in [0.15, 0.2) is 23.5 Å². The van der Waals surface area contributed by atoms with Gasteiger partial charge in [-0.3, -0.25) is 20.2 Å². The minimum Gasteiger partial charge on any atom is -0.396 e. The molecule has 0 atom stereocenters. The number of nitro groups is 2. The number of rotatable bonds is 6. The minimum absolute atomic E-state index is 0.00861. The van der Waals surface area contributed by atoms with Crippen molar-refractivity contribution < 1.29 is 15.0 Å². The molecule has 0 saturated carbocycles. The summed E-state index contributed by atoms with van der Waals surface area (Å²) in [5.41, 5.74) is -0.589. The average molecular weight is 216 g/mol. The van der Waals surface area contributed by atoms with Crippen LogP contribution >= 0.6 is 0 Å². The third-order valence-electron chi connectivity index (χ3n) is 1.65. The van der Waals surface area contributed by atoms with E-state index in [1.807, 2.05) is 0 Å². The van der Waals surface area contributed by atoms with Crippen molar-refractivity contribution in [2.75, 3.05) is 6.61 Å². The Hall–Kier alpha value is -1.76. The van der Waals surface area contributed by atoms with Gasteiger partial charge in [0.05, 0.1) is 15.9 Å². The predicted octanol–water partition coefficient (Wildman–Crippen LogP) is 1.10. The lowest BCUT2D eigenvalue weighted by atomic mass is 10.2. The van der Waals surface area contributed by atoms with Gasteiger partial charge in [0.25, 0.3) is 11.4 Å². The molecule has 0 unspecified atom stereocenters. The molecule has 0 spiro atoms. The van der Waals surface area contributed by atoms with Gasteiger partial charge < -0.3 is 5.11 Å². The van der Waals surface area contributed by atoms with Crippen LogP contribution < -0.4 is 0 Å². The van der Waals surface area contributed by atoms with Crippen molar-refractivity contribution in [3.8, 4) is 0 Å². The van der Waals surface area contributed by atoms with E-state index in [2.05, 4.69) is 0 Å². The average Bonchev–Trinajstić information content (AvgIpc) is 2.17. The van der Waals surface area contributed by atoms with Gasteiger partial charge >= 0.3 is 0 Å². The largest absolute Gasteiger partial charge is 0.396 e. The monoisotopic (exact) mass is 216 g/mol. The van der Waals surface area contributed by atoms with E-state index in [0.717, 1.165) is 6.08 Å². The van der Waals surface area contributed by atoms with Gasteiger partial charge in [0.15, 0.2) is 0 Å². The molecule has 0 aromatic carbocycles. The molecule has 0 aromatic heterocycles. The summed E-state index contributed by atoms with van der Waals surface area (Å²) in [6.45, 7) is 1.24. The first-order valence-electron chi connectivity index (χ1n) is 4.29. The first-order valence-corrected chi connectivity index (χ1v) is 4.29. The van der Waals surface area contributed by atoms with Crippen molar-refractivity contribution in [3.63, 3.8) is 0 Å². The van der Waals surface area contributed by atoms with Gasteiger partial charge in [-0.15, -0.1) is 0 Å². The molecule has 7 nitrogen and oxygen atoms in total. The Morgan fingerprint density at radius 1 is 1.33 bits per heavy atom. The quantitative estimate of drug-likeness (QED) is 0.406. The van der Waals surface area contributed by atoms with Gasteiger partial charge in [-0.25, -0.2) is 0 Å². The van der Waals surface area contributed by atoms with E-state index in [9.17, 15) is 20.2 Å². The maximum absolute atomic E-state index is 10.5. The molecule has 15 heavy (non-hydrogen) atoms. The van der Waals surface area contributed by atoms with Crippen LogP contribution in [-0.4, -0.2) is 21.6 Å².